The average Bonchev–Trinajstić information content (AvgIpc) is 2.30. The summed E-state index contributed by atoms with van der Waals surface area (Å²) >= 11 is 0. The number of anilines is 1. The summed E-state index contributed by atoms with van der Waals surface area (Å²) in [6.07, 6.45) is 0. The molecule has 1 rings (SSSR count). The second-order valence-electron chi connectivity index (χ2n) is 3.01. The summed E-state index contributed by atoms with van der Waals surface area (Å²) in [5.74, 6) is 0.342. The van der Waals surface area contributed by atoms with E-state index in [0.717, 1.165) is 0 Å². The second kappa shape index (κ2) is 6.61. The Labute approximate surface area is 100 Å². The minimum absolute atomic E-state index is 0.230. The number of nitrogens with one attached hydrogen (secondary N) is 1. The first-order valence-corrected chi connectivity index (χ1v) is 6.68. The van der Waals surface area contributed by atoms with E-state index in [1.54, 1.807) is 38.1 Å². The van der Waals surface area contributed by atoms with Crippen molar-refractivity contribution in [2.75, 3.05) is 18.7 Å². The maximum atomic E-state index is 12.0. The number of rotatable bonds is 7. The predicted octanol–water partition coefficient (Wildman–Crippen LogP) is 3.05. The molecular formula is C10H16NO5P. The molecule has 6 nitrogen and oxygen atoms in total. The van der Waals surface area contributed by atoms with Gasteiger partial charge in [0.1, 0.15) is 5.75 Å². The van der Waals surface area contributed by atoms with Crippen molar-refractivity contribution in [1.82, 2.24) is 0 Å². The molecule has 1 aromatic rings. The molecule has 96 valence electrons. The van der Waals surface area contributed by atoms with Crippen LogP contribution in [-0.2, 0) is 13.6 Å². The Bertz CT molecular complexity index is 371. The summed E-state index contributed by atoms with van der Waals surface area (Å²) in [4.78, 5) is 0. The van der Waals surface area contributed by atoms with Crippen LogP contribution in [0.4, 0.5) is 5.69 Å². The highest BCUT2D eigenvalue weighted by atomic mass is 31.2. The van der Waals surface area contributed by atoms with Crippen LogP contribution < -0.4 is 10.0 Å². The molecule has 0 aliphatic heterocycles. The lowest BCUT2D eigenvalue weighted by molar-refractivity contribution is 0.167. The molecule has 0 amide bonds. The average molecular weight is 261 g/mol. The van der Waals surface area contributed by atoms with Gasteiger partial charge in [-0.3, -0.25) is 19.7 Å². The Morgan fingerprint density at radius 1 is 1.18 bits per heavy atom. The Balaban J connectivity index is 2.75. The number of phosphoric acid groups is 1. The van der Waals surface area contributed by atoms with Crippen LogP contribution in [0.2, 0.25) is 0 Å². The smallest absolute Gasteiger partial charge is 0.404 e. The minimum Gasteiger partial charge on any atom is -0.404 e. The van der Waals surface area contributed by atoms with Crippen LogP contribution in [0, 0.1) is 0 Å². The summed E-state index contributed by atoms with van der Waals surface area (Å²) < 4.78 is 27.1. The fourth-order valence-electron chi connectivity index (χ4n) is 1.13. The summed E-state index contributed by atoms with van der Waals surface area (Å²) in [5.41, 5.74) is 2.48. The van der Waals surface area contributed by atoms with Gasteiger partial charge < -0.3 is 4.52 Å². The molecular weight excluding hydrogens is 245 g/mol. The van der Waals surface area contributed by atoms with Gasteiger partial charge in [0.2, 0.25) is 0 Å². The van der Waals surface area contributed by atoms with Crippen LogP contribution in [0.25, 0.3) is 0 Å². The standard InChI is InChI=1S/C10H16NO5P/c1-3-14-17(13,15-4-2)16-10-7-5-9(11-12)6-8-10/h5-8,11-12H,3-4H2,1-2H3. The van der Waals surface area contributed by atoms with Gasteiger partial charge in [-0.25, -0.2) is 4.57 Å². The fraction of sp³-hybridized carbons (Fsp3) is 0.400. The molecule has 0 spiro atoms. The molecule has 0 aromatic heterocycles. The zero-order valence-corrected chi connectivity index (χ0v) is 10.6. The molecule has 0 unspecified atom stereocenters. The zero-order chi connectivity index (χ0) is 12.7. The molecule has 0 fully saturated rings. The largest absolute Gasteiger partial charge is 0.530 e. The Hall–Kier alpha value is -1.07. The van der Waals surface area contributed by atoms with E-state index in [-0.39, 0.29) is 13.2 Å². The van der Waals surface area contributed by atoms with Crippen molar-refractivity contribution in [3.05, 3.63) is 24.3 Å². The van der Waals surface area contributed by atoms with E-state index in [2.05, 4.69) is 0 Å². The number of hydrogen-bond donors (Lipinski definition) is 2. The third-order valence-corrected chi connectivity index (χ3v) is 3.36. The number of benzene rings is 1. The predicted molar refractivity (Wildman–Crippen MR) is 63.3 cm³/mol. The molecule has 17 heavy (non-hydrogen) atoms. The van der Waals surface area contributed by atoms with E-state index in [4.69, 9.17) is 18.8 Å². The topological polar surface area (TPSA) is 77.0 Å². The van der Waals surface area contributed by atoms with Gasteiger partial charge >= 0.3 is 7.82 Å². The highest BCUT2D eigenvalue weighted by molar-refractivity contribution is 7.48. The van der Waals surface area contributed by atoms with Gasteiger partial charge in [0, 0.05) is 0 Å². The molecule has 1 aromatic carbocycles. The van der Waals surface area contributed by atoms with Crippen LogP contribution in [-0.4, -0.2) is 18.4 Å². The molecule has 7 heteroatoms. The zero-order valence-electron chi connectivity index (χ0n) is 9.75. The Morgan fingerprint density at radius 3 is 2.12 bits per heavy atom. The van der Waals surface area contributed by atoms with Crippen molar-refractivity contribution in [2.45, 2.75) is 13.8 Å². The maximum absolute atomic E-state index is 12.0. The summed E-state index contributed by atoms with van der Waals surface area (Å²) in [7, 11) is -3.55. The van der Waals surface area contributed by atoms with E-state index < -0.39 is 7.82 Å². The molecule has 0 aliphatic rings. The normalized spacial score (nSPS) is 11.2. The van der Waals surface area contributed by atoms with Gasteiger partial charge in [-0.15, -0.1) is 0 Å². The molecule has 0 saturated carbocycles. The van der Waals surface area contributed by atoms with Crippen molar-refractivity contribution >= 4 is 13.5 Å². The number of hydrogen-bond acceptors (Lipinski definition) is 6. The van der Waals surface area contributed by atoms with Crippen LogP contribution in [0.5, 0.6) is 5.75 Å². The molecule has 0 bridgehead atoms. The maximum Gasteiger partial charge on any atom is 0.530 e. The van der Waals surface area contributed by atoms with Gasteiger partial charge in [-0.1, -0.05) is 0 Å². The first-order chi connectivity index (χ1) is 8.13. The third-order valence-electron chi connectivity index (χ3n) is 1.78. The lowest BCUT2D eigenvalue weighted by atomic mass is 10.3. The fourth-order valence-corrected chi connectivity index (χ4v) is 2.32. The molecule has 0 aliphatic carbocycles. The van der Waals surface area contributed by atoms with Gasteiger partial charge in [-0.2, -0.15) is 0 Å². The molecule has 0 heterocycles. The van der Waals surface area contributed by atoms with Gasteiger partial charge in [-0.05, 0) is 38.1 Å². The highest BCUT2D eigenvalue weighted by Gasteiger charge is 2.27. The van der Waals surface area contributed by atoms with Crippen molar-refractivity contribution in [3.8, 4) is 5.75 Å². The van der Waals surface area contributed by atoms with E-state index in [9.17, 15) is 4.57 Å². The van der Waals surface area contributed by atoms with Gasteiger partial charge in [0.25, 0.3) is 0 Å². The number of phosphoric ester groups is 1. The summed E-state index contributed by atoms with van der Waals surface area (Å²) in [6.45, 7) is 3.86. The SMILES string of the molecule is CCOP(=O)(OCC)Oc1ccc(NO)cc1. The van der Waals surface area contributed by atoms with Crippen LogP contribution >= 0.6 is 7.82 Å². The minimum atomic E-state index is -3.55. The molecule has 0 radical (unpaired) electrons. The van der Waals surface area contributed by atoms with E-state index >= 15 is 0 Å². The summed E-state index contributed by atoms with van der Waals surface area (Å²) in [5, 5.41) is 8.63. The first-order valence-electron chi connectivity index (χ1n) is 5.22. The van der Waals surface area contributed by atoms with Crippen LogP contribution in [0.15, 0.2) is 24.3 Å². The second-order valence-corrected chi connectivity index (χ2v) is 4.60. The van der Waals surface area contributed by atoms with Gasteiger partial charge in [0.15, 0.2) is 0 Å². The lowest BCUT2D eigenvalue weighted by Gasteiger charge is -2.17. The Morgan fingerprint density at radius 2 is 1.71 bits per heavy atom. The molecule has 0 atom stereocenters. The van der Waals surface area contributed by atoms with E-state index in [0.29, 0.717) is 11.4 Å². The summed E-state index contributed by atoms with van der Waals surface area (Å²) in [6, 6.07) is 6.22. The monoisotopic (exact) mass is 261 g/mol. The molecule has 0 saturated heterocycles. The van der Waals surface area contributed by atoms with Gasteiger partial charge in [0.05, 0.1) is 18.9 Å². The van der Waals surface area contributed by atoms with E-state index in [1.807, 2.05) is 5.48 Å². The van der Waals surface area contributed by atoms with Crippen LogP contribution in [0.1, 0.15) is 13.8 Å². The highest BCUT2D eigenvalue weighted by Crippen LogP contribution is 2.49. The molecule has 2 N–H and O–H groups in total. The Kier molecular flexibility index (Phi) is 5.44. The first kappa shape index (κ1) is 14.0. The lowest BCUT2D eigenvalue weighted by Crippen LogP contribution is -2.02. The third kappa shape index (κ3) is 4.36. The van der Waals surface area contributed by atoms with Crippen LogP contribution in [0.3, 0.4) is 0 Å². The van der Waals surface area contributed by atoms with Crippen molar-refractivity contribution < 1.29 is 23.3 Å². The van der Waals surface area contributed by atoms with Crippen molar-refractivity contribution in [1.29, 1.82) is 0 Å². The van der Waals surface area contributed by atoms with E-state index in [1.165, 1.54) is 0 Å². The van der Waals surface area contributed by atoms with Crippen molar-refractivity contribution in [2.24, 2.45) is 0 Å². The van der Waals surface area contributed by atoms with Crippen molar-refractivity contribution in [3.63, 3.8) is 0 Å². The quantitative estimate of drug-likeness (QED) is 0.580.